The second-order valence-corrected chi connectivity index (χ2v) is 8.82. The van der Waals surface area contributed by atoms with Gasteiger partial charge in [0.1, 0.15) is 0 Å². The Hall–Kier alpha value is -1.95. The van der Waals surface area contributed by atoms with Crippen LogP contribution in [0, 0.1) is 13.8 Å². The van der Waals surface area contributed by atoms with Crippen LogP contribution in [-0.2, 0) is 23.4 Å². The summed E-state index contributed by atoms with van der Waals surface area (Å²) in [5.41, 5.74) is 7.43. The second-order valence-electron chi connectivity index (χ2n) is 7.93. The molecule has 5 heteroatoms. The minimum atomic E-state index is -2.04. The molecule has 148 valence electrons. The summed E-state index contributed by atoms with van der Waals surface area (Å²) >= 11 is -2.04. The van der Waals surface area contributed by atoms with Gasteiger partial charge in [0.25, 0.3) is 0 Å². The summed E-state index contributed by atoms with van der Waals surface area (Å²) in [5, 5.41) is 1.33. The molecule has 0 amide bonds. The van der Waals surface area contributed by atoms with E-state index < -0.39 is 11.1 Å². The molecule has 2 heterocycles. The number of hydrogen-bond acceptors (Lipinski definition) is 3. The van der Waals surface area contributed by atoms with Gasteiger partial charge in [-0.25, -0.2) is 0 Å². The lowest BCUT2D eigenvalue weighted by atomic mass is 9.92. The summed E-state index contributed by atoms with van der Waals surface area (Å²) in [6.45, 7) is 6.41. The fraction of sp³-hybridized carbons (Fsp3) is 0.391. The van der Waals surface area contributed by atoms with Crippen molar-refractivity contribution in [1.29, 1.82) is 0 Å². The zero-order valence-electron chi connectivity index (χ0n) is 16.5. The predicted octanol–water partition coefficient (Wildman–Crippen LogP) is 4.89. The molecule has 0 radical (unpaired) electrons. The molecule has 3 aromatic rings. The van der Waals surface area contributed by atoms with Crippen molar-refractivity contribution in [2.24, 2.45) is 0 Å². The third-order valence-corrected chi connectivity index (χ3v) is 6.57. The third-order valence-electron chi connectivity index (χ3n) is 6.00. The maximum absolute atomic E-state index is 10.9. The van der Waals surface area contributed by atoms with Crippen molar-refractivity contribution in [3.05, 3.63) is 70.4 Å². The number of H-pyrrole nitrogens is 1. The highest BCUT2D eigenvalue weighted by Crippen LogP contribution is 2.34. The molecule has 1 aliphatic rings. The molecule has 1 aromatic heterocycles. The summed E-state index contributed by atoms with van der Waals surface area (Å²) in [7, 11) is 0. The minimum Gasteiger partial charge on any atom is -0.772 e. The van der Waals surface area contributed by atoms with Crippen LogP contribution in [0.25, 0.3) is 10.9 Å². The van der Waals surface area contributed by atoms with E-state index >= 15 is 0 Å². The predicted molar refractivity (Wildman–Crippen MR) is 114 cm³/mol. The average molecular weight is 396 g/mol. The largest absolute Gasteiger partial charge is 0.772 e. The van der Waals surface area contributed by atoms with E-state index in [0.29, 0.717) is 6.04 Å². The lowest BCUT2D eigenvalue weighted by Crippen LogP contribution is -2.33. The Morgan fingerprint density at radius 3 is 2.68 bits per heavy atom. The van der Waals surface area contributed by atoms with Crippen LogP contribution in [-0.4, -0.2) is 25.2 Å². The maximum Gasteiger partial charge on any atom is 0.0487 e. The minimum absolute atomic E-state index is 0.0860. The van der Waals surface area contributed by atoms with Crippen LogP contribution < -0.4 is 0 Å². The number of piperidine rings is 1. The molecule has 2 unspecified atom stereocenters. The quantitative estimate of drug-likeness (QED) is 0.626. The van der Waals surface area contributed by atoms with Crippen LogP contribution >= 0.6 is 0 Å². The first-order valence-corrected chi connectivity index (χ1v) is 11.2. The average Bonchev–Trinajstić information content (AvgIpc) is 3.16. The van der Waals surface area contributed by atoms with E-state index in [1.807, 2.05) is 18.3 Å². The Morgan fingerprint density at radius 1 is 1.14 bits per heavy atom. The first-order chi connectivity index (χ1) is 13.5. The van der Waals surface area contributed by atoms with Crippen molar-refractivity contribution in [2.45, 2.75) is 51.4 Å². The van der Waals surface area contributed by atoms with Gasteiger partial charge in [-0.3, -0.25) is 9.11 Å². The zero-order chi connectivity index (χ0) is 19.7. The molecule has 4 nitrogen and oxygen atoms in total. The van der Waals surface area contributed by atoms with Gasteiger partial charge in [0.15, 0.2) is 0 Å². The summed E-state index contributed by atoms with van der Waals surface area (Å²) < 4.78 is 21.9. The van der Waals surface area contributed by atoms with E-state index in [9.17, 15) is 8.76 Å². The number of aryl methyl sites for hydroxylation is 2. The van der Waals surface area contributed by atoms with Crippen molar-refractivity contribution in [3.8, 4) is 0 Å². The Bertz CT molecular complexity index is 994. The molecule has 1 aliphatic heterocycles. The summed E-state index contributed by atoms with van der Waals surface area (Å²) in [4.78, 5) is 5.98. The van der Waals surface area contributed by atoms with Crippen LogP contribution in [0.2, 0.25) is 0 Å². The van der Waals surface area contributed by atoms with Gasteiger partial charge in [-0.2, -0.15) is 0 Å². The third kappa shape index (κ3) is 3.93. The van der Waals surface area contributed by atoms with Crippen molar-refractivity contribution < 1.29 is 8.76 Å². The lowest BCUT2D eigenvalue weighted by molar-refractivity contribution is 0.141. The molecule has 0 saturated carbocycles. The Morgan fingerprint density at radius 2 is 1.93 bits per heavy atom. The second kappa shape index (κ2) is 8.19. The van der Waals surface area contributed by atoms with E-state index in [4.69, 9.17) is 0 Å². The SMILES string of the molecule is Cc1cc(C)c2[nH]ccc2c1CN1CCCCC1c1ccc(CS(=O)[O-])cc1. The van der Waals surface area contributed by atoms with Gasteiger partial charge >= 0.3 is 0 Å². The topological polar surface area (TPSA) is 59.2 Å². The smallest absolute Gasteiger partial charge is 0.0487 e. The van der Waals surface area contributed by atoms with E-state index in [1.165, 1.54) is 46.0 Å². The van der Waals surface area contributed by atoms with Crippen molar-refractivity contribution in [3.63, 3.8) is 0 Å². The van der Waals surface area contributed by atoms with Gasteiger partial charge in [-0.15, -0.1) is 0 Å². The highest BCUT2D eigenvalue weighted by Gasteiger charge is 2.25. The molecule has 1 saturated heterocycles. The van der Waals surface area contributed by atoms with Crippen LogP contribution in [0.5, 0.6) is 0 Å². The molecule has 2 atom stereocenters. The first-order valence-electron chi connectivity index (χ1n) is 9.98. The number of aromatic nitrogens is 1. The number of likely N-dealkylation sites (tertiary alicyclic amines) is 1. The van der Waals surface area contributed by atoms with Crippen LogP contribution in [0.15, 0.2) is 42.6 Å². The molecule has 1 N–H and O–H groups in total. The number of fused-ring (bicyclic) bond motifs is 1. The van der Waals surface area contributed by atoms with E-state index in [2.05, 4.69) is 48.0 Å². The van der Waals surface area contributed by atoms with E-state index in [1.54, 1.807) is 0 Å². The molecule has 0 spiro atoms. The first kappa shape index (κ1) is 19.4. The number of hydrogen-bond donors (Lipinski definition) is 1. The molecule has 1 fully saturated rings. The fourth-order valence-electron chi connectivity index (χ4n) is 4.59. The molecule has 2 aromatic carbocycles. The van der Waals surface area contributed by atoms with Gasteiger partial charge in [0, 0.05) is 35.4 Å². The lowest BCUT2D eigenvalue weighted by Gasteiger charge is -2.36. The van der Waals surface area contributed by atoms with E-state index in [-0.39, 0.29) is 5.75 Å². The number of nitrogens with one attached hydrogen (secondary N) is 1. The summed E-state index contributed by atoms with van der Waals surface area (Å²) in [5.74, 6) is 0.0860. The Kier molecular flexibility index (Phi) is 5.67. The van der Waals surface area contributed by atoms with Gasteiger partial charge in [0.2, 0.25) is 0 Å². The zero-order valence-corrected chi connectivity index (χ0v) is 17.3. The van der Waals surface area contributed by atoms with E-state index in [0.717, 1.165) is 25.1 Å². The van der Waals surface area contributed by atoms with Crippen LogP contribution in [0.4, 0.5) is 0 Å². The number of aromatic amines is 1. The number of rotatable bonds is 5. The van der Waals surface area contributed by atoms with Crippen molar-refractivity contribution >= 4 is 22.0 Å². The maximum atomic E-state index is 10.9. The standard InChI is InChI=1S/C23H28N2O2S/c1-16-13-17(2)23-20(10-11-24-23)21(16)14-25-12-4-3-5-22(25)19-8-6-18(7-9-19)15-28(26)27/h6-11,13,22,24H,3-5,12,14-15H2,1-2H3,(H,26,27)/p-1. The molecule has 0 bridgehead atoms. The van der Waals surface area contributed by atoms with Crippen molar-refractivity contribution in [1.82, 2.24) is 9.88 Å². The summed E-state index contributed by atoms with van der Waals surface area (Å²) in [6.07, 6.45) is 5.64. The fourth-order valence-corrected chi connectivity index (χ4v) is 5.05. The van der Waals surface area contributed by atoms with Crippen LogP contribution in [0.1, 0.15) is 53.1 Å². The molecular weight excluding hydrogens is 368 g/mol. The van der Waals surface area contributed by atoms with Gasteiger partial charge < -0.3 is 9.54 Å². The highest BCUT2D eigenvalue weighted by molar-refractivity contribution is 7.78. The van der Waals surface area contributed by atoms with Gasteiger partial charge in [0.05, 0.1) is 0 Å². The number of benzene rings is 2. The van der Waals surface area contributed by atoms with Gasteiger partial charge in [-0.05, 0) is 67.1 Å². The van der Waals surface area contributed by atoms with Crippen molar-refractivity contribution in [2.75, 3.05) is 6.54 Å². The Labute approximate surface area is 169 Å². The van der Waals surface area contributed by atoms with Crippen LogP contribution in [0.3, 0.4) is 0 Å². The monoisotopic (exact) mass is 395 g/mol. The molecule has 4 rings (SSSR count). The molecule has 28 heavy (non-hydrogen) atoms. The molecular formula is C23H27N2O2S-. The van der Waals surface area contributed by atoms with Gasteiger partial charge in [-0.1, -0.05) is 47.8 Å². The highest BCUT2D eigenvalue weighted by atomic mass is 32.2. The number of nitrogens with zero attached hydrogens (tertiary/aromatic N) is 1. The Balaban J connectivity index is 1.62. The normalized spacial score (nSPS) is 19.2. The molecule has 0 aliphatic carbocycles. The summed E-state index contributed by atoms with van der Waals surface area (Å²) in [6, 6.07) is 13.0.